The number of hydrogen-bond donors (Lipinski definition) is 1. The van der Waals surface area contributed by atoms with E-state index in [2.05, 4.69) is 15.1 Å². The lowest BCUT2D eigenvalue weighted by molar-refractivity contribution is 0.301. The number of nitrogen functional groups attached to an aromatic ring is 1. The Hall–Kier alpha value is -2.31. The molecule has 112 valence electrons. The first kappa shape index (κ1) is 13.7. The molecule has 0 aliphatic carbocycles. The second kappa shape index (κ2) is 5.59. The highest BCUT2D eigenvalue weighted by Crippen LogP contribution is 2.32. The van der Waals surface area contributed by atoms with Crippen molar-refractivity contribution in [3.63, 3.8) is 0 Å². The summed E-state index contributed by atoms with van der Waals surface area (Å²) in [6, 6.07) is 2.99. The zero-order valence-corrected chi connectivity index (χ0v) is 11.9. The number of halogens is 1. The molecule has 1 aliphatic rings. The van der Waals surface area contributed by atoms with Crippen molar-refractivity contribution in [3.8, 4) is 5.75 Å². The van der Waals surface area contributed by atoms with Gasteiger partial charge in [0, 0.05) is 25.2 Å². The van der Waals surface area contributed by atoms with E-state index in [4.69, 9.17) is 10.5 Å². The summed E-state index contributed by atoms with van der Waals surface area (Å²) in [5.41, 5.74) is 7.15. The monoisotopic (exact) mass is 291 g/mol. The van der Waals surface area contributed by atoms with Crippen LogP contribution in [0.2, 0.25) is 0 Å². The lowest BCUT2D eigenvalue weighted by Gasteiger charge is -2.30. The van der Waals surface area contributed by atoms with Gasteiger partial charge in [0.1, 0.15) is 6.33 Å². The zero-order valence-electron chi connectivity index (χ0n) is 11.9. The van der Waals surface area contributed by atoms with Gasteiger partial charge in [-0.2, -0.15) is 0 Å². The van der Waals surface area contributed by atoms with Crippen molar-refractivity contribution >= 4 is 11.4 Å². The number of fused-ring (bicyclic) bond motifs is 1. The first-order valence-electron chi connectivity index (χ1n) is 7.02. The van der Waals surface area contributed by atoms with Crippen molar-refractivity contribution in [3.05, 3.63) is 30.1 Å². The van der Waals surface area contributed by atoms with Crippen molar-refractivity contribution in [1.29, 1.82) is 0 Å². The van der Waals surface area contributed by atoms with Crippen LogP contribution in [0.4, 0.5) is 15.8 Å². The second-order valence-corrected chi connectivity index (χ2v) is 5.05. The van der Waals surface area contributed by atoms with Gasteiger partial charge in [-0.3, -0.25) is 0 Å². The van der Waals surface area contributed by atoms with Crippen LogP contribution in [0.3, 0.4) is 0 Å². The minimum atomic E-state index is -0.426. The molecule has 2 heterocycles. The van der Waals surface area contributed by atoms with Gasteiger partial charge in [0.25, 0.3) is 0 Å². The fourth-order valence-electron chi connectivity index (χ4n) is 2.43. The molecule has 2 N–H and O–H groups in total. The van der Waals surface area contributed by atoms with Crippen LogP contribution in [0, 0.1) is 5.82 Å². The maximum absolute atomic E-state index is 13.9. The number of nitrogens with two attached hydrogens (primary N) is 1. The van der Waals surface area contributed by atoms with Crippen LogP contribution in [0.25, 0.3) is 0 Å². The largest absolute Gasteiger partial charge is 0.490 e. The number of benzene rings is 1. The smallest absolute Gasteiger partial charge is 0.167 e. The van der Waals surface area contributed by atoms with Crippen molar-refractivity contribution in [2.24, 2.45) is 0 Å². The van der Waals surface area contributed by atoms with Crippen molar-refractivity contribution in [1.82, 2.24) is 14.8 Å². The van der Waals surface area contributed by atoms with Crippen LogP contribution in [0.5, 0.6) is 5.75 Å². The predicted octanol–water partition coefficient (Wildman–Crippen LogP) is 1.81. The number of ether oxygens (including phenoxy) is 1. The van der Waals surface area contributed by atoms with Crippen molar-refractivity contribution in [2.75, 3.05) is 23.8 Å². The maximum Gasteiger partial charge on any atom is 0.167 e. The van der Waals surface area contributed by atoms with Gasteiger partial charge >= 0.3 is 0 Å². The maximum atomic E-state index is 13.9. The number of hydrogen-bond acceptors (Lipinski definition) is 5. The highest BCUT2D eigenvalue weighted by atomic mass is 19.1. The Balaban J connectivity index is 1.88. The van der Waals surface area contributed by atoms with E-state index in [1.165, 1.54) is 6.07 Å². The molecule has 0 saturated carbocycles. The summed E-state index contributed by atoms with van der Waals surface area (Å²) < 4.78 is 21.3. The third kappa shape index (κ3) is 2.63. The Morgan fingerprint density at radius 2 is 2.24 bits per heavy atom. The number of anilines is 2. The van der Waals surface area contributed by atoms with Gasteiger partial charge in [-0.05, 0) is 6.42 Å². The second-order valence-electron chi connectivity index (χ2n) is 5.05. The minimum absolute atomic E-state index is 0.244. The van der Waals surface area contributed by atoms with E-state index in [-0.39, 0.29) is 5.75 Å². The molecule has 0 atom stereocenters. The lowest BCUT2D eigenvalue weighted by Crippen LogP contribution is -2.34. The van der Waals surface area contributed by atoms with Crippen LogP contribution in [0.1, 0.15) is 19.2 Å². The van der Waals surface area contributed by atoms with Crippen molar-refractivity contribution < 1.29 is 9.13 Å². The molecule has 6 nitrogen and oxygen atoms in total. The van der Waals surface area contributed by atoms with E-state index in [9.17, 15) is 4.39 Å². The normalized spacial score (nSPS) is 14.1. The molecule has 1 aromatic heterocycles. The van der Waals surface area contributed by atoms with Gasteiger partial charge in [-0.15, -0.1) is 10.2 Å². The Labute approximate surface area is 122 Å². The van der Waals surface area contributed by atoms with E-state index in [0.717, 1.165) is 31.0 Å². The van der Waals surface area contributed by atoms with Gasteiger partial charge in [0.05, 0.1) is 24.5 Å². The van der Waals surface area contributed by atoms with Gasteiger partial charge in [-0.25, -0.2) is 4.39 Å². The first-order chi connectivity index (χ1) is 10.2. The summed E-state index contributed by atoms with van der Waals surface area (Å²) in [4.78, 5) is 2.07. The van der Waals surface area contributed by atoms with Gasteiger partial charge in [-0.1, -0.05) is 6.92 Å². The fraction of sp³-hybridized carbons (Fsp3) is 0.429. The molecular weight excluding hydrogens is 273 g/mol. The Morgan fingerprint density at radius 3 is 3.05 bits per heavy atom. The molecule has 1 aromatic carbocycles. The molecule has 0 radical (unpaired) electrons. The highest BCUT2D eigenvalue weighted by Gasteiger charge is 2.21. The average Bonchev–Trinajstić information content (AvgIpc) is 2.94. The average molecular weight is 291 g/mol. The van der Waals surface area contributed by atoms with E-state index in [1.807, 2.05) is 11.5 Å². The number of nitrogens with zero attached hydrogens (tertiary/aromatic N) is 4. The quantitative estimate of drug-likeness (QED) is 0.870. The summed E-state index contributed by atoms with van der Waals surface area (Å²) in [6.07, 6.45) is 2.54. The molecule has 3 rings (SSSR count). The predicted molar refractivity (Wildman–Crippen MR) is 77.7 cm³/mol. The summed E-state index contributed by atoms with van der Waals surface area (Å²) in [7, 11) is 0. The molecule has 0 fully saturated rings. The Bertz CT molecular complexity index is 642. The molecular formula is C14H18FN5O. The molecule has 0 amide bonds. The Kier molecular flexibility index (Phi) is 3.64. The Morgan fingerprint density at radius 1 is 1.38 bits per heavy atom. The summed E-state index contributed by atoms with van der Waals surface area (Å²) in [5, 5.41) is 7.97. The van der Waals surface area contributed by atoms with Gasteiger partial charge < -0.3 is 19.9 Å². The molecule has 2 aromatic rings. The lowest BCUT2D eigenvalue weighted by atomic mass is 10.2. The van der Waals surface area contributed by atoms with Crippen LogP contribution in [0.15, 0.2) is 18.5 Å². The molecule has 1 aliphatic heterocycles. The summed E-state index contributed by atoms with van der Waals surface area (Å²) in [6.45, 7) is 4.61. The molecule has 21 heavy (non-hydrogen) atoms. The van der Waals surface area contributed by atoms with E-state index in [0.29, 0.717) is 18.8 Å². The third-order valence-electron chi connectivity index (χ3n) is 3.52. The van der Waals surface area contributed by atoms with Gasteiger partial charge in [0.15, 0.2) is 17.4 Å². The van der Waals surface area contributed by atoms with Crippen LogP contribution in [-0.4, -0.2) is 27.9 Å². The van der Waals surface area contributed by atoms with Crippen LogP contribution < -0.4 is 15.4 Å². The fourth-order valence-corrected chi connectivity index (χ4v) is 2.43. The standard InChI is InChI=1S/C14H18FN5O/c1-2-5-21-13-7-12(11(16)6-10(13)15)19-3-4-20-9-17-18-14(20)8-19/h6-7,9H,2-5,8,16H2,1H3. The SMILES string of the molecule is CCCOc1cc(N2CCn3cnnc3C2)c(N)cc1F. The first-order valence-corrected chi connectivity index (χ1v) is 7.02. The summed E-state index contributed by atoms with van der Waals surface area (Å²) >= 11 is 0. The van der Waals surface area contributed by atoms with Crippen LogP contribution in [-0.2, 0) is 13.1 Å². The van der Waals surface area contributed by atoms with Gasteiger partial charge in [0.2, 0.25) is 0 Å². The molecule has 0 unspecified atom stereocenters. The topological polar surface area (TPSA) is 69.2 Å². The van der Waals surface area contributed by atoms with E-state index in [1.54, 1.807) is 12.4 Å². The zero-order chi connectivity index (χ0) is 14.8. The number of aromatic nitrogens is 3. The highest BCUT2D eigenvalue weighted by molar-refractivity contribution is 5.70. The molecule has 7 heteroatoms. The molecule has 0 spiro atoms. The number of rotatable bonds is 4. The minimum Gasteiger partial charge on any atom is -0.490 e. The molecule has 0 bridgehead atoms. The third-order valence-corrected chi connectivity index (χ3v) is 3.52. The van der Waals surface area contributed by atoms with Crippen LogP contribution >= 0.6 is 0 Å². The summed E-state index contributed by atoms with van der Waals surface area (Å²) in [5.74, 6) is 0.693. The van der Waals surface area contributed by atoms with E-state index >= 15 is 0 Å². The molecule has 0 saturated heterocycles. The van der Waals surface area contributed by atoms with Crippen molar-refractivity contribution in [2.45, 2.75) is 26.4 Å². The van der Waals surface area contributed by atoms with E-state index < -0.39 is 5.82 Å².